The first kappa shape index (κ1) is 20.6. The van der Waals surface area contributed by atoms with E-state index in [1.807, 2.05) is 18.2 Å². The summed E-state index contributed by atoms with van der Waals surface area (Å²) in [5.41, 5.74) is 0. The average molecular weight is 393 g/mol. The molecule has 0 aliphatic carbocycles. The highest BCUT2D eigenvalue weighted by molar-refractivity contribution is 7.80. The van der Waals surface area contributed by atoms with Gasteiger partial charge in [0.05, 0.1) is 6.42 Å². The lowest BCUT2D eigenvalue weighted by atomic mass is 10.1. The number of esters is 1. The summed E-state index contributed by atoms with van der Waals surface area (Å²) >= 11 is 5.20. The van der Waals surface area contributed by atoms with E-state index in [1.165, 1.54) is 0 Å². The van der Waals surface area contributed by atoms with Gasteiger partial charge in [-0.05, 0) is 24.4 Å². The molecule has 1 aliphatic rings. The molecule has 0 radical (unpaired) electrons. The maximum atomic E-state index is 12.2. The summed E-state index contributed by atoms with van der Waals surface area (Å²) in [4.78, 5) is 37.3. The van der Waals surface area contributed by atoms with Crippen LogP contribution in [0.1, 0.15) is 19.8 Å². The molecule has 27 heavy (non-hydrogen) atoms. The molecule has 2 amide bonds. The number of nitrogens with zero attached hydrogens (tertiary/aromatic N) is 1. The molecule has 1 unspecified atom stereocenters. The Bertz CT molecular complexity index is 683. The van der Waals surface area contributed by atoms with Gasteiger partial charge in [-0.1, -0.05) is 25.1 Å². The van der Waals surface area contributed by atoms with Gasteiger partial charge in [0.15, 0.2) is 5.11 Å². The van der Waals surface area contributed by atoms with Gasteiger partial charge in [0, 0.05) is 19.5 Å². The third kappa shape index (κ3) is 6.52. The summed E-state index contributed by atoms with van der Waals surface area (Å²) in [5, 5.41) is 5.39. The lowest BCUT2D eigenvalue weighted by Crippen LogP contribution is -2.60. The second-order valence-corrected chi connectivity index (χ2v) is 6.18. The molecule has 1 aromatic rings. The van der Waals surface area contributed by atoms with Gasteiger partial charge in [-0.15, -0.1) is 0 Å². The predicted octanol–water partition coefficient (Wildman–Crippen LogP) is 0.610. The minimum Gasteiger partial charge on any atom is -0.490 e. The maximum Gasteiger partial charge on any atom is 0.308 e. The number of carbonyl (C=O) groups excluding carboxylic acids is 3. The number of nitrogens with one attached hydrogen (secondary N) is 2. The van der Waals surface area contributed by atoms with Gasteiger partial charge in [-0.2, -0.15) is 0 Å². The lowest BCUT2D eigenvalue weighted by Gasteiger charge is -2.36. The molecule has 2 N–H and O–H groups in total. The molecular formula is C18H23N3O5S. The number of para-hydroxylation sites is 1. The van der Waals surface area contributed by atoms with Crippen molar-refractivity contribution < 1.29 is 23.9 Å². The van der Waals surface area contributed by atoms with E-state index >= 15 is 0 Å². The van der Waals surface area contributed by atoms with E-state index in [9.17, 15) is 14.4 Å². The normalized spacial score (nSPS) is 16.3. The molecule has 0 aromatic heterocycles. The minimum absolute atomic E-state index is 0.0685. The molecule has 1 fully saturated rings. The van der Waals surface area contributed by atoms with Crippen LogP contribution in [0.25, 0.3) is 0 Å². The molecule has 1 aromatic carbocycles. The third-order valence-corrected chi connectivity index (χ3v) is 4.21. The Morgan fingerprint density at radius 3 is 2.74 bits per heavy atom. The van der Waals surface area contributed by atoms with Crippen molar-refractivity contribution in [2.75, 3.05) is 26.3 Å². The molecule has 0 bridgehead atoms. The summed E-state index contributed by atoms with van der Waals surface area (Å²) in [6, 6.07) is 8.36. The molecule has 1 heterocycles. The Morgan fingerprint density at radius 2 is 2.04 bits per heavy atom. The summed E-state index contributed by atoms with van der Waals surface area (Å²) in [6.45, 7) is 2.77. The third-order valence-electron chi connectivity index (χ3n) is 3.88. The zero-order chi connectivity index (χ0) is 19.6. The fourth-order valence-corrected chi connectivity index (χ4v) is 2.82. The van der Waals surface area contributed by atoms with E-state index in [2.05, 4.69) is 10.6 Å². The summed E-state index contributed by atoms with van der Waals surface area (Å²) in [6.07, 6.45) is 0.105. The fraction of sp³-hybridized carbons (Fsp3) is 0.444. The van der Waals surface area contributed by atoms with Gasteiger partial charge < -0.3 is 25.0 Å². The van der Waals surface area contributed by atoms with Crippen molar-refractivity contribution in [2.45, 2.75) is 25.8 Å². The van der Waals surface area contributed by atoms with Crippen LogP contribution in [0.2, 0.25) is 0 Å². The molecule has 1 aliphatic heterocycles. The van der Waals surface area contributed by atoms with Gasteiger partial charge in [-0.3, -0.25) is 14.4 Å². The maximum absolute atomic E-state index is 12.2. The second-order valence-electron chi connectivity index (χ2n) is 5.79. The van der Waals surface area contributed by atoms with Crippen LogP contribution in [0.4, 0.5) is 0 Å². The molecule has 9 heteroatoms. The standard InChI is InChI=1S/C18H23N3O5S/c1-2-15(22)20-18(27)21-9-8-19-17(24)14(21)12-16(23)26-11-10-25-13-6-4-3-5-7-13/h3-7,14H,2,8-12H2,1H3,(H,19,24)(H,20,22,27). The number of ether oxygens (including phenoxy) is 2. The number of rotatable bonds is 7. The highest BCUT2D eigenvalue weighted by Gasteiger charge is 2.34. The van der Waals surface area contributed by atoms with Crippen molar-refractivity contribution in [3.63, 3.8) is 0 Å². The largest absolute Gasteiger partial charge is 0.490 e. The molecule has 0 saturated carbocycles. The Balaban J connectivity index is 1.82. The smallest absolute Gasteiger partial charge is 0.308 e. The van der Waals surface area contributed by atoms with Crippen molar-refractivity contribution in [3.8, 4) is 5.75 Å². The number of piperazine rings is 1. The van der Waals surface area contributed by atoms with E-state index in [0.717, 1.165) is 0 Å². The van der Waals surface area contributed by atoms with Gasteiger partial charge in [0.2, 0.25) is 11.8 Å². The fourth-order valence-electron chi connectivity index (χ4n) is 2.49. The first-order valence-corrected chi connectivity index (χ1v) is 9.13. The van der Waals surface area contributed by atoms with Crippen LogP contribution in [-0.4, -0.2) is 60.1 Å². The molecule has 1 atom stereocenters. The van der Waals surface area contributed by atoms with Gasteiger partial charge >= 0.3 is 5.97 Å². The Kier molecular flexibility index (Phi) is 8.00. The molecule has 2 rings (SSSR count). The van der Waals surface area contributed by atoms with Crippen LogP contribution in [0, 0.1) is 0 Å². The van der Waals surface area contributed by atoms with Crippen LogP contribution in [0.5, 0.6) is 5.75 Å². The van der Waals surface area contributed by atoms with Crippen LogP contribution >= 0.6 is 12.2 Å². The van der Waals surface area contributed by atoms with Crippen LogP contribution < -0.4 is 15.4 Å². The van der Waals surface area contributed by atoms with Crippen LogP contribution in [0.3, 0.4) is 0 Å². The van der Waals surface area contributed by atoms with E-state index in [4.69, 9.17) is 21.7 Å². The van der Waals surface area contributed by atoms with E-state index in [-0.39, 0.29) is 43.0 Å². The highest BCUT2D eigenvalue weighted by atomic mass is 32.1. The van der Waals surface area contributed by atoms with E-state index in [0.29, 0.717) is 18.8 Å². The Labute approximate surface area is 163 Å². The highest BCUT2D eigenvalue weighted by Crippen LogP contribution is 2.11. The number of carbonyl (C=O) groups is 3. The monoisotopic (exact) mass is 393 g/mol. The molecular weight excluding hydrogens is 370 g/mol. The minimum atomic E-state index is -0.814. The first-order valence-electron chi connectivity index (χ1n) is 8.73. The van der Waals surface area contributed by atoms with Gasteiger partial charge in [-0.25, -0.2) is 0 Å². The summed E-state index contributed by atoms with van der Waals surface area (Å²) < 4.78 is 10.6. The first-order chi connectivity index (χ1) is 13.0. The zero-order valence-electron chi connectivity index (χ0n) is 15.1. The van der Waals surface area contributed by atoms with Crippen molar-refractivity contribution in [1.82, 2.24) is 15.5 Å². The molecule has 0 spiro atoms. The quantitative estimate of drug-likeness (QED) is 0.398. The Hall–Kier alpha value is -2.68. The van der Waals surface area contributed by atoms with Crippen molar-refractivity contribution in [2.24, 2.45) is 0 Å². The number of benzene rings is 1. The second kappa shape index (κ2) is 10.5. The van der Waals surface area contributed by atoms with E-state index in [1.54, 1.807) is 24.0 Å². The average Bonchev–Trinajstić information content (AvgIpc) is 2.67. The molecule has 146 valence electrons. The topological polar surface area (TPSA) is 97.0 Å². The number of hydrogen-bond acceptors (Lipinski definition) is 6. The number of thiocarbonyl (C=S) groups is 1. The lowest BCUT2D eigenvalue weighted by molar-refractivity contribution is -0.148. The molecule has 8 nitrogen and oxygen atoms in total. The van der Waals surface area contributed by atoms with Gasteiger partial charge in [0.1, 0.15) is 25.0 Å². The number of hydrogen-bond donors (Lipinski definition) is 2. The van der Waals surface area contributed by atoms with Crippen molar-refractivity contribution in [1.29, 1.82) is 0 Å². The van der Waals surface area contributed by atoms with Gasteiger partial charge in [0.25, 0.3) is 0 Å². The zero-order valence-corrected chi connectivity index (χ0v) is 15.9. The van der Waals surface area contributed by atoms with Crippen molar-refractivity contribution in [3.05, 3.63) is 30.3 Å². The van der Waals surface area contributed by atoms with E-state index < -0.39 is 12.0 Å². The summed E-state index contributed by atoms with van der Waals surface area (Å²) in [5.74, 6) is -0.427. The van der Waals surface area contributed by atoms with Crippen LogP contribution in [-0.2, 0) is 19.1 Å². The predicted molar refractivity (Wildman–Crippen MR) is 102 cm³/mol. The molecule has 1 saturated heterocycles. The summed E-state index contributed by atoms with van der Waals surface area (Å²) in [7, 11) is 0. The van der Waals surface area contributed by atoms with Crippen LogP contribution in [0.15, 0.2) is 30.3 Å². The SMILES string of the molecule is CCC(=O)NC(=S)N1CCNC(=O)C1CC(=O)OCCOc1ccccc1. The van der Waals surface area contributed by atoms with Crippen molar-refractivity contribution >= 4 is 35.1 Å². The Morgan fingerprint density at radius 1 is 1.30 bits per heavy atom. The number of amides is 2.